The van der Waals surface area contributed by atoms with Crippen LogP contribution in [0.4, 0.5) is 0 Å². The number of rotatable bonds is 5. The van der Waals surface area contributed by atoms with Crippen LogP contribution in [-0.4, -0.2) is 17.6 Å². The minimum atomic E-state index is -0.935. The highest BCUT2D eigenvalue weighted by Gasteiger charge is 2.45. The molecule has 2 N–H and O–H groups in total. The summed E-state index contributed by atoms with van der Waals surface area (Å²) in [6, 6.07) is 11.1. The first-order chi connectivity index (χ1) is 10.1. The first kappa shape index (κ1) is 14.8. The summed E-state index contributed by atoms with van der Waals surface area (Å²) in [5, 5.41) is 15.8. The maximum absolute atomic E-state index is 12.2. The van der Waals surface area contributed by atoms with E-state index in [9.17, 15) is 9.90 Å². The van der Waals surface area contributed by atoms with Gasteiger partial charge in [-0.15, -0.1) is 11.3 Å². The van der Waals surface area contributed by atoms with Gasteiger partial charge in [-0.25, -0.2) is 0 Å². The molecule has 1 aromatic heterocycles. The Labute approximate surface area is 136 Å². The normalized spacial score (nSPS) is 17.2. The predicted octanol–water partition coefficient (Wildman–Crippen LogP) is 3.54. The van der Waals surface area contributed by atoms with Crippen molar-refractivity contribution in [1.29, 1.82) is 0 Å². The lowest BCUT2D eigenvalue weighted by atomic mass is 9.95. The van der Waals surface area contributed by atoms with Gasteiger partial charge in [0.25, 0.3) is 5.91 Å². The van der Waals surface area contributed by atoms with Gasteiger partial charge in [-0.2, -0.15) is 0 Å². The SMILES string of the molecule is O=C(NCC(O)(c1cccs1)C1CC1)c1cccc(Br)c1. The molecule has 1 aliphatic rings. The zero-order valence-electron chi connectivity index (χ0n) is 11.4. The molecule has 1 amide bonds. The van der Waals surface area contributed by atoms with Crippen LogP contribution in [0.3, 0.4) is 0 Å². The van der Waals surface area contributed by atoms with Gasteiger partial charge in [0.2, 0.25) is 0 Å². The van der Waals surface area contributed by atoms with E-state index in [1.807, 2.05) is 29.6 Å². The van der Waals surface area contributed by atoms with Crippen molar-refractivity contribution in [2.75, 3.05) is 6.54 Å². The van der Waals surface area contributed by atoms with Crippen LogP contribution in [0, 0.1) is 5.92 Å². The molecule has 1 unspecified atom stereocenters. The summed E-state index contributed by atoms with van der Waals surface area (Å²) < 4.78 is 0.867. The Hall–Kier alpha value is -1.17. The van der Waals surface area contributed by atoms with Crippen LogP contribution in [-0.2, 0) is 5.60 Å². The Morgan fingerprint density at radius 2 is 2.19 bits per heavy atom. The predicted molar refractivity (Wildman–Crippen MR) is 87.4 cm³/mol. The number of carbonyl (C=O) groups excluding carboxylic acids is 1. The molecular weight excluding hydrogens is 350 g/mol. The van der Waals surface area contributed by atoms with Crippen molar-refractivity contribution in [2.45, 2.75) is 18.4 Å². The molecule has 0 spiro atoms. The van der Waals surface area contributed by atoms with Crippen LogP contribution < -0.4 is 5.32 Å². The molecule has 0 radical (unpaired) electrons. The molecule has 1 aromatic carbocycles. The minimum Gasteiger partial charge on any atom is -0.382 e. The summed E-state index contributed by atoms with van der Waals surface area (Å²) in [6.07, 6.45) is 2.03. The third-order valence-electron chi connectivity index (χ3n) is 3.81. The topological polar surface area (TPSA) is 49.3 Å². The molecule has 1 atom stereocenters. The highest BCUT2D eigenvalue weighted by molar-refractivity contribution is 9.10. The molecule has 1 saturated carbocycles. The first-order valence-electron chi connectivity index (χ1n) is 6.90. The van der Waals surface area contributed by atoms with Gasteiger partial charge in [0.15, 0.2) is 0 Å². The second kappa shape index (κ2) is 5.91. The van der Waals surface area contributed by atoms with Crippen molar-refractivity contribution < 1.29 is 9.90 Å². The summed E-state index contributed by atoms with van der Waals surface area (Å²) in [4.78, 5) is 13.1. The number of nitrogens with one attached hydrogen (secondary N) is 1. The second-order valence-corrected chi connectivity index (χ2v) is 7.23. The number of amides is 1. The van der Waals surface area contributed by atoms with Gasteiger partial charge in [-0.05, 0) is 48.4 Å². The van der Waals surface area contributed by atoms with Crippen molar-refractivity contribution in [2.24, 2.45) is 5.92 Å². The molecule has 110 valence electrons. The van der Waals surface area contributed by atoms with Crippen molar-refractivity contribution >= 4 is 33.2 Å². The smallest absolute Gasteiger partial charge is 0.251 e. The molecule has 0 aliphatic heterocycles. The molecule has 2 aromatic rings. The van der Waals surface area contributed by atoms with Gasteiger partial charge in [0, 0.05) is 14.9 Å². The zero-order valence-corrected chi connectivity index (χ0v) is 13.8. The molecular formula is C16H16BrNO2S. The standard InChI is InChI=1S/C16H16BrNO2S/c17-13-4-1-3-11(9-13)15(19)18-10-16(20,12-6-7-12)14-5-2-8-21-14/h1-5,8-9,12,20H,6-7,10H2,(H,18,19). The molecule has 5 heteroatoms. The van der Waals surface area contributed by atoms with Gasteiger partial charge in [-0.3, -0.25) is 4.79 Å². The molecule has 0 bridgehead atoms. The summed E-state index contributed by atoms with van der Waals surface area (Å²) in [6.45, 7) is 0.253. The molecule has 21 heavy (non-hydrogen) atoms. The van der Waals surface area contributed by atoms with Crippen LogP contribution in [0.5, 0.6) is 0 Å². The Morgan fingerprint density at radius 1 is 1.38 bits per heavy atom. The fourth-order valence-electron chi connectivity index (χ4n) is 2.47. The van der Waals surface area contributed by atoms with Crippen LogP contribution in [0.25, 0.3) is 0 Å². The Morgan fingerprint density at radius 3 is 2.81 bits per heavy atom. The van der Waals surface area contributed by atoms with E-state index in [0.29, 0.717) is 5.56 Å². The number of benzene rings is 1. The van der Waals surface area contributed by atoms with E-state index in [-0.39, 0.29) is 18.4 Å². The number of hydrogen-bond acceptors (Lipinski definition) is 3. The van der Waals surface area contributed by atoms with E-state index in [1.165, 1.54) is 11.3 Å². The highest BCUT2D eigenvalue weighted by atomic mass is 79.9. The largest absolute Gasteiger partial charge is 0.382 e. The van der Waals surface area contributed by atoms with Crippen molar-refractivity contribution in [3.63, 3.8) is 0 Å². The molecule has 0 saturated heterocycles. The first-order valence-corrected chi connectivity index (χ1v) is 8.57. The van der Waals surface area contributed by atoms with E-state index >= 15 is 0 Å². The quantitative estimate of drug-likeness (QED) is 0.851. The summed E-state index contributed by atoms with van der Waals surface area (Å²) >= 11 is 4.90. The fraction of sp³-hybridized carbons (Fsp3) is 0.312. The lowest BCUT2D eigenvalue weighted by Gasteiger charge is -2.27. The van der Waals surface area contributed by atoms with Gasteiger partial charge >= 0.3 is 0 Å². The van der Waals surface area contributed by atoms with Crippen LogP contribution >= 0.6 is 27.3 Å². The number of thiophene rings is 1. The number of carbonyl (C=O) groups is 1. The third-order valence-corrected chi connectivity index (χ3v) is 5.34. The number of aliphatic hydroxyl groups is 1. The van der Waals surface area contributed by atoms with Crippen LogP contribution in [0.1, 0.15) is 28.1 Å². The molecule has 3 nitrogen and oxygen atoms in total. The highest BCUT2D eigenvalue weighted by Crippen LogP contribution is 2.46. The van der Waals surface area contributed by atoms with Crippen molar-refractivity contribution in [3.8, 4) is 0 Å². The number of halogens is 1. The van der Waals surface area contributed by atoms with Gasteiger partial charge in [0.05, 0.1) is 6.54 Å². The number of hydrogen-bond donors (Lipinski definition) is 2. The monoisotopic (exact) mass is 365 g/mol. The average Bonchev–Trinajstić information content (AvgIpc) is 3.19. The fourth-order valence-corrected chi connectivity index (χ4v) is 3.77. The third kappa shape index (κ3) is 3.20. The maximum atomic E-state index is 12.2. The van der Waals surface area contributed by atoms with E-state index < -0.39 is 5.60 Å². The molecule has 1 heterocycles. The molecule has 1 aliphatic carbocycles. The Bertz CT molecular complexity index is 639. The van der Waals surface area contributed by atoms with Crippen molar-refractivity contribution in [1.82, 2.24) is 5.32 Å². The maximum Gasteiger partial charge on any atom is 0.251 e. The zero-order chi connectivity index (χ0) is 14.9. The molecule has 3 rings (SSSR count). The van der Waals surface area contributed by atoms with Gasteiger partial charge < -0.3 is 10.4 Å². The minimum absolute atomic E-state index is 0.160. The average molecular weight is 366 g/mol. The summed E-state index contributed by atoms with van der Waals surface area (Å²) in [5.41, 5.74) is -0.343. The summed E-state index contributed by atoms with van der Waals surface area (Å²) in [7, 11) is 0. The van der Waals surface area contributed by atoms with E-state index in [2.05, 4.69) is 21.2 Å². The lowest BCUT2D eigenvalue weighted by molar-refractivity contribution is 0.0169. The second-order valence-electron chi connectivity index (χ2n) is 5.37. The van der Waals surface area contributed by atoms with Crippen LogP contribution in [0.2, 0.25) is 0 Å². The van der Waals surface area contributed by atoms with E-state index in [4.69, 9.17) is 0 Å². The van der Waals surface area contributed by atoms with E-state index in [1.54, 1.807) is 12.1 Å². The Balaban J connectivity index is 1.72. The van der Waals surface area contributed by atoms with E-state index in [0.717, 1.165) is 22.2 Å². The molecule has 1 fully saturated rings. The van der Waals surface area contributed by atoms with Gasteiger partial charge in [0.1, 0.15) is 5.60 Å². The van der Waals surface area contributed by atoms with Crippen LogP contribution in [0.15, 0.2) is 46.3 Å². The van der Waals surface area contributed by atoms with Gasteiger partial charge in [-0.1, -0.05) is 28.1 Å². The van der Waals surface area contributed by atoms with Crippen molar-refractivity contribution in [3.05, 3.63) is 56.7 Å². The lowest BCUT2D eigenvalue weighted by Crippen LogP contribution is -2.42. The Kier molecular flexibility index (Phi) is 4.15. The summed E-state index contributed by atoms with van der Waals surface area (Å²) in [5.74, 6) is 0.0888.